The molecule has 3 aliphatic heterocycles. The number of esters is 1. The molecular formula is C61H91NO13. The summed E-state index contributed by atoms with van der Waals surface area (Å²) in [5, 5.41) is 23.6. The molecule has 14 heteroatoms. The molecule has 75 heavy (non-hydrogen) atoms. The van der Waals surface area contributed by atoms with Crippen molar-refractivity contribution < 1.29 is 62.6 Å². The summed E-state index contributed by atoms with van der Waals surface area (Å²) in [5.41, 5.74) is 2.60. The number of nitrogens with zero attached hydrogens (tertiary/aromatic N) is 1. The fourth-order valence-corrected chi connectivity index (χ4v) is 11.6. The van der Waals surface area contributed by atoms with Crippen molar-refractivity contribution in [3.05, 3.63) is 83.5 Å². The molecule has 4 aliphatic rings. The van der Waals surface area contributed by atoms with E-state index in [1.165, 1.54) is 17.6 Å². The van der Waals surface area contributed by atoms with Crippen LogP contribution < -0.4 is 0 Å². The normalized spacial score (nSPS) is 36.6. The van der Waals surface area contributed by atoms with Crippen LogP contribution in [-0.2, 0) is 58.8 Å². The van der Waals surface area contributed by atoms with Gasteiger partial charge in [0.25, 0.3) is 11.7 Å². The smallest absolute Gasteiger partial charge is 0.329 e. The summed E-state index contributed by atoms with van der Waals surface area (Å²) in [6, 6.07) is 9.29. The average molecular weight is 1050 g/mol. The number of fused-ring (bicyclic) bond motifs is 3. The van der Waals surface area contributed by atoms with Crippen LogP contribution in [0.15, 0.2) is 77.9 Å². The van der Waals surface area contributed by atoms with Gasteiger partial charge in [0.2, 0.25) is 5.79 Å². The molecule has 3 fully saturated rings. The van der Waals surface area contributed by atoms with Crippen LogP contribution in [0, 0.1) is 35.5 Å². The summed E-state index contributed by atoms with van der Waals surface area (Å²) in [7, 11) is 4.69. The molecule has 14 nitrogen and oxygen atoms in total. The van der Waals surface area contributed by atoms with Crippen LogP contribution >= 0.6 is 0 Å². The first kappa shape index (κ1) is 61.7. The van der Waals surface area contributed by atoms with Gasteiger partial charge in [0.05, 0.1) is 24.4 Å². The third kappa shape index (κ3) is 17.4. The molecule has 2 bridgehead atoms. The number of amides is 1. The van der Waals surface area contributed by atoms with Gasteiger partial charge in [-0.3, -0.25) is 19.2 Å². The van der Waals surface area contributed by atoms with E-state index in [0.29, 0.717) is 57.1 Å². The van der Waals surface area contributed by atoms with E-state index in [1.54, 1.807) is 41.1 Å². The highest BCUT2D eigenvalue weighted by atomic mass is 16.6. The Morgan fingerprint density at radius 3 is 2.27 bits per heavy atom. The number of carbonyl (C=O) groups is 5. The highest BCUT2D eigenvalue weighted by Crippen LogP contribution is 2.38. The largest absolute Gasteiger partial charge is 0.460 e. The lowest BCUT2D eigenvalue weighted by atomic mass is 9.78. The quantitative estimate of drug-likeness (QED) is 0.0875. The summed E-state index contributed by atoms with van der Waals surface area (Å²) in [4.78, 5) is 72.7. The second-order valence-electron chi connectivity index (χ2n) is 22.4. The Balaban J connectivity index is 1.40. The number of ketones is 3. The Hall–Kier alpha value is -4.15. The number of aliphatic hydroxyl groups is 2. The molecule has 2 saturated heterocycles. The maximum absolute atomic E-state index is 14.6. The van der Waals surface area contributed by atoms with E-state index >= 15 is 0 Å². The molecule has 1 aromatic carbocycles. The molecule has 0 radical (unpaired) electrons. The highest BCUT2D eigenvalue weighted by Gasteiger charge is 2.53. The summed E-state index contributed by atoms with van der Waals surface area (Å²) in [5.74, 6) is -7.79. The van der Waals surface area contributed by atoms with Crippen LogP contribution in [0.4, 0.5) is 0 Å². The Bertz CT molecular complexity index is 2140. The van der Waals surface area contributed by atoms with Gasteiger partial charge < -0.3 is 43.5 Å². The topological polar surface area (TPSA) is 184 Å². The Kier molecular flexibility index (Phi) is 24.8. The van der Waals surface area contributed by atoms with E-state index in [-0.39, 0.29) is 60.9 Å². The van der Waals surface area contributed by atoms with E-state index in [2.05, 4.69) is 24.3 Å². The minimum absolute atomic E-state index is 0.0192. The zero-order valence-corrected chi connectivity index (χ0v) is 46.8. The SMILES string of the molecule is CO[C@H]1C[C@@H]2CC[C@@H](C)[C@@](O)(O2)C(=O)C(=O)N2CCCC[C@H]2C(=O)O[C@H]([C@H](C)C[C@@H]2CC[C@@H](OCCCCc3ccccc3)[C@H](OC)C2)CC(=O)[C@H](C)/C=C(\C)[C@@H](O)[C@@H](OC)C(=O)[C@H](C)C[C@H](C)/C=C/C=C/C=C/1C. The molecule has 1 saturated carbocycles. The molecule has 15 atom stereocenters. The predicted octanol–water partition coefficient (Wildman–Crippen LogP) is 9.23. The number of methoxy groups -OCH3 is 3. The number of carbonyl (C=O) groups excluding carboxylic acids is 5. The summed E-state index contributed by atoms with van der Waals surface area (Å²) in [6.45, 7) is 13.5. The van der Waals surface area contributed by atoms with E-state index < -0.39 is 77.8 Å². The first-order valence-electron chi connectivity index (χ1n) is 28.0. The molecule has 3 heterocycles. The number of ether oxygens (including phenoxy) is 6. The Labute approximate surface area is 448 Å². The van der Waals surface area contributed by atoms with Crippen molar-refractivity contribution in [3.8, 4) is 0 Å². The van der Waals surface area contributed by atoms with Crippen molar-refractivity contribution in [2.24, 2.45) is 35.5 Å². The monoisotopic (exact) mass is 1050 g/mol. The van der Waals surface area contributed by atoms with Crippen LogP contribution in [-0.4, -0.2) is 133 Å². The van der Waals surface area contributed by atoms with Gasteiger partial charge in [-0.2, -0.15) is 0 Å². The number of Topliss-reactive ketones (excluding diaryl/α,β-unsaturated/α-hetero) is 3. The number of hydrogen-bond acceptors (Lipinski definition) is 13. The standard InChI is InChI=1S/C61H91NO13/c1-39-21-13-11-14-22-40(2)52(70-8)37-48-29-27-45(7)61(69,75-48)58(66)59(67)62-31-19-17-26-49(62)60(68)74-53(38-50(63)41(3)34-44(6)56(65)57(72-10)55(64)43(5)33-39)42(4)35-47-28-30-51(54(36-47)71-9)73-32-20-18-25-46-23-15-12-16-24-46/h11-16,21-24,34,39,41-43,45,47-49,51-54,56-57,65,69H,17-20,25-33,35-38H2,1-10H3/b14-11+,21-13+,40-22+,44-34+/t39-,41-,42-,43-,45-,47+,48+,49+,51-,52+,53+,54-,56-,57+,61-/m1/s1. The van der Waals surface area contributed by atoms with E-state index in [9.17, 15) is 34.2 Å². The zero-order valence-electron chi connectivity index (χ0n) is 46.8. The number of aliphatic hydroxyl groups excluding tert-OH is 1. The first-order valence-corrected chi connectivity index (χ1v) is 28.0. The second kappa shape index (κ2) is 30.1. The first-order chi connectivity index (χ1) is 35.8. The maximum atomic E-state index is 14.6. The summed E-state index contributed by atoms with van der Waals surface area (Å²) in [6.07, 6.45) is 15.6. The number of aryl methyl sites for hydroxylation is 1. The van der Waals surface area contributed by atoms with Gasteiger partial charge in [0.15, 0.2) is 5.78 Å². The van der Waals surface area contributed by atoms with E-state index in [1.807, 2.05) is 64.1 Å². The highest BCUT2D eigenvalue weighted by molar-refractivity contribution is 6.39. The number of rotatable bonds is 12. The van der Waals surface area contributed by atoms with Crippen molar-refractivity contribution in [3.63, 3.8) is 0 Å². The molecule has 1 amide bonds. The van der Waals surface area contributed by atoms with Gasteiger partial charge in [0.1, 0.15) is 30.1 Å². The van der Waals surface area contributed by atoms with Gasteiger partial charge in [0, 0.05) is 65.1 Å². The fraction of sp³-hybridized carbons (Fsp3) is 0.689. The Morgan fingerprint density at radius 1 is 0.813 bits per heavy atom. The number of cyclic esters (lactones) is 1. The maximum Gasteiger partial charge on any atom is 0.329 e. The van der Waals surface area contributed by atoms with Crippen molar-refractivity contribution in [1.82, 2.24) is 4.90 Å². The predicted molar refractivity (Wildman–Crippen MR) is 288 cm³/mol. The minimum Gasteiger partial charge on any atom is -0.460 e. The van der Waals surface area contributed by atoms with Crippen molar-refractivity contribution >= 4 is 29.2 Å². The van der Waals surface area contributed by atoms with Gasteiger partial charge in [-0.15, -0.1) is 0 Å². The lowest BCUT2D eigenvalue weighted by Gasteiger charge is -2.42. The molecule has 418 valence electrons. The lowest BCUT2D eigenvalue weighted by molar-refractivity contribution is -0.265. The van der Waals surface area contributed by atoms with Crippen LogP contribution in [0.1, 0.15) is 144 Å². The molecular weight excluding hydrogens is 955 g/mol. The summed E-state index contributed by atoms with van der Waals surface area (Å²) >= 11 is 0. The van der Waals surface area contributed by atoms with Crippen molar-refractivity contribution in [2.45, 2.75) is 199 Å². The third-order valence-corrected chi connectivity index (χ3v) is 16.5. The van der Waals surface area contributed by atoms with Crippen molar-refractivity contribution in [2.75, 3.05) is 34.5 Å². The van der Waals surface area contributed by atoms with Gasteiger partial charge in [-0.05, 0) is 132 Å². The van der Waals surface area contributed by atoms with E-state index in [4.69, 9.17) is 28.4 Å². The number of piperidine rings is 1. The zero-order chi connectivity index (χ0) is 54.8. The molecule has 0 unspecified atom stereocenters. The number of unbranched alkanes of at least 4 members (excludes halogenated alkanes) is 1. The molecule has 1 aromatic rings. The van der Waals surface area contributed by atoms with Gasteiger partial charge >= 0.3 is 5.97 Å². The number of allylic oxidation sites excluding steroid dienone is 6. The Morgan fingerprint density at radius 2 is 1.56 bits per heavy atom. The lowest BCUT2D eigenvalue weighted by Crippen LogP contribution is -2.61. The molecule has 1 aliphatic carbocycles. The van der Waals surface area contributed by atoms with Crippen LogP contribution in [0.2, 0.25) is 0 Å². The summed E-state index contributed by atoms with van der Waals surface area (Å²) < 4.78 is 36.5. The van der Waals surface area contributed by atoms with Crippen LogP contribution in [0.25, 0.3) is 0 Å². The van der Waals surface area contributed by atoms with Crippen LogP contribution in [0.5, 0.6) is 0 Å². The van der Waals surface area contributed by atoms with Crippen LogP contribution in [0.3, 0.4) is 0 Å². The second-order valence-corrected chi connectivity index (χ2v) is 22.4. The van der Waals surface area contributed by atoms with E-state index in [0.717, 1.165) is 44.1 Å². The minimum atomic E-state index is -2.43. The molecule has 0 spiro atoms. The number of hydrogen-bond donors (Lipinski definition) is 2. The molecule has 2 N–H and O–H groups in total. The van der Waals surface area contributed by atoms with Crippen molar-refractivity contribution in [1.29, 1.82) is 0 Å². The number of benzene rings is 1. The molecule has 0 aromatic heterocycles. The van der Waals surface area contributed by atoms with Gasteiger partial charge in [-0.1, -0.05) is 101 Å². The average Bonchev–Trinajstić information content (AvgIpc) is 3.40. The third-order valence-electron chi connectivity index (χ3n) is 16.5. The molecule has 5 rings (SSSR count). The fourth-order valence-electron chi connectivity index (χ4n) is 11.6. The van der Waals surface area contributed by atoms with Gasteiger partial charge in [-0.25, -0.2) is 4.79 Å².